The molecule has 0 saturated heterocycles. The van der Waals surface area contributed by atoms with E-state index in [4.69, 9.17) is 11.2 Å². The Morgan fingerprint density at radius 1 is 1.30 bits per heavy atom. The number of aromatic nitrogens is 2. The predicted molar refractivity (Wildman–Crippen MR) is 87.9 cm³/mol. The number of rotatable bonds is 3. The fourth-order valence-corrected chi connectivity index (χ4v) is 2.20. The third kappa shape index (κ3) is 3.02. The Morgan fingerprint density at radius 3 is 2.57 bits per heavy atom. The van der Waals surface area contributed by atoms with Crippen LogP contribution in [0.15, 0.2) is 23.0 Å². The zero-order valence-corrected chi connectivity index (χ0v) is 13.6. The van der Waals surface area contributed by atoms with E-state index in [0.29, 0.717) is 11.3 Å². The lowest BCUT2D eigenvalue weighted by Gasteiger charge is -2.12. The molecule has 0 unspecified atom stereocenters. The van der Waals surface area contributed by atoms with Gasteiger partial charge < -0.3 is 4.74 Å². The summed E-state index contributed by atoms with van der Waals surface area (Å²) in [6, 6.07) is 5.48. The van der Waals surface area contributed by atoms with E-state index in [2.05, 4.69) is 11.0 Å². The zero-order valence-electron chi connectivity index (χ0n) is 13.6. The smallest absolute Gasteiger partial charge is 0.359 e. The molecule has 1 aromatic carbocycles. The molecule has 0 spiro atoms. The molecule has 0 aliphatic rings. The number of aryl methyl sites for hydroxylation is 2. The molecule has 0 aliphatic heterocycles. The molecule has 0 fully saturated rings. The van der Waals surface area contributed by atoms with Crippen molar-refractivity contribution in [2.24, 2.45) is 0 Å². The van der Waals surface area contributed by atoms with E-state index >= 15 is 0 Å². The highest BCUT2D eigenvalue weighted by Crippen LogP contribution is 2.14. The van der Waals surface area contributed by atoms with Gasteiger partial charge in [0.15, 0.2) is 5.69 Å². The molecule has 1 heterocycles. The third-order valence-corrected chi connectivity index (χ3v) is 3.68. The molecule has 0 atom stereocenters. The number of ether oxygens (including phenoxy) is 1. The minimum absolute atomic E-state index is 0.0534. The van der Waals surface area contributed by atoms with Crippen LogP contribution in [-0.2, 0) is 4.74 Å². The molecule has 2 rings (SSSR count). The summed E-state index contributed by atoms with van der Waals surface area (Å²) in [5.74, 6) is 1.76. The van der Waals surface area contributed by atoms with Crippen LogP contribution in [0.1, 0.15) is 39.7 Å². The van der Waals surface area contributed by atoms with Crippen LogP contribution in [0.4, 0.5) is 0 Å². The first-order chi connectivity index (χ1) is 10.9. The maximum absolute atomic E-state index is 12.6. The average molecular weight is 310 g/mol. The van der Waals surface area contributed by atoms with E-state index in [9.17, 15) is 9.59 Å². The number of terminal acetylenes is 1. The number of benzene rings is 1. The van der Waals surface area contributed by atoms with E-state index in [1.54, 1.807) is 19.9 Å². The average Bonchev–Trinajstić information content (AvgIpc) is 2.51. The summed E-state index contributed by atoms with van der Waals surface area (Å²) in [5, 5.41) is 4.17. The second kappa shape index (κ2) is 6.49. The molecule has 0 bridgehead atoms. The summed E-state index contributed by atoms with van der Waals surface area (Å²) >= 11 is 0. The van der Waals surface area contributed by atoms with Gasteiger partial charge in [-0.25, -0.2) is 4.79 Å². The maximum Gasteiger partial charge on any atom is 0.359 e. The summed E-state index contributed by atoms with van der Waals surface area (Å²) < 4.78 is 6.15. The van der Waals surface area contributed by atoms with Gasteiger partial charge in [0.2, 0.25) is 0 Å². The number of carbonyl (C=O) groups excluding carboxylic acids is 1. The Morgan fingerprint density at radius 2 is 2.00 bits per heavy atom. The van der Waals surface area contributed by atoms with Crippen LogP contribution in [0.5, 0.6) is 0 Å². The molecule has 5 nitrogen and oxygen atoms in total. The van der Waals surface area contributed by atoms with Crippen LogP contribution in [0, 0.1) is 33.1 Å². The molecule has 0 N–H and O–H groups in total. The normalized spacial score (nSPS) is 10.2. The van der Waals surface area contributed by atoms with E-state index in [0.717, 1.165) is 15.8 Å². The van der Waals surface area contributed by atoms with Gasteiger partial charge in [-0.15, -0.1) is 6.42 Å². The Hall–Kier alpha value is -2.87. The third-order valence-electron chi connectivity index (χ3n) is 3.68. The second-order valence-electron chi connectivity index (χ2n) is 5.20. The van der Waals surface area contributed by atoms with Crippen molar-refractivity contribution in [1.29, 1.82) is 0 Å². The first-order valence-electron chi connectivity index (χ1n) is 7.26. The van der Waals surface area contributed by atoms with Gasteiger partial charge in [0, 0.05) is 5.56 Å². The molecule has 0 radical (unpaired) electrons. The number of nitrogens with zero attached hydrogens (tertiary/aromatic N) is 2. The van der Waals surface area contributed by atoms with E-state index in [1.807, 2.05) is 26.0 Å². The van der Waals surface area contributed by atoms with Crippen molar-refractivity contribution in [1.82, 2.24) is 9.78 Å². The van der Waals surface area contributed by atoms with Gasteiger partial charge in [0.25, 0.3) is 5.56 Å². The van der Waals surface area contributed by atoms with Crippen LogP contribution < -0.4 is 5.56 Å². The second-order valence-corrected chi connectivity index (χ2v) is 5.20. The van der Waals surface area contributed by atoms with E-state index < -0.39 is 11.5 Å². The van der Waals surface area contributed by atoms with Crippen molar-refractivity contribution in [2.75, 3.05) is 6.61 Å². The molecule has 5 heteroatoms. The van der Waals surface area contributed by atoms with Crippen LogP contribution in [-0.4, -0.2) is 22.4 Å². The van der Waals surface area contributed by atoms with Crippen LogP contribution in [0.25, 0.3) is 5.69 Å². The molecule has 118 valence electrons. The molecule has 0 amide bonds. The SMILES string of the molecule is C#Cc1c(C)c(C(=O)OCC)nn(-c2ccc(C)c(C)c2)c1=O. The summed E-state index contributed by atoms with van der Waals surface area (Å²) in [5.41, 5.74) is 2.75. The van der Waals surface area contributed by atoms with Gasteiger partial charge in [-0.05, 0) is 51.0 Å². The largest absolute Gasteiger partial charge is 0.461 e. The fraction of sp³-hybridized carbons (Fsp3) is 0.278. The van der Waals surface area contributed by atoms with Crippen molar-refractivity contribution in [3.05, 3.63) is 56.5 Å². The first kappa shape index (κ1) is 16.5. The van der Waals surface area contributed by atoms with Crippen molar-refractivity contribution in [3.63, 3.8) is 0 Å². The molecule has 1 aromatic heterocycles. The standard InChI is InChI=1S/C18H18N2O3/c1-6-15-13(5)16(18(22)23-7-2)19-20(17(15)21)14-9-8-11(3)12(4)10-14/h1,8-10H,7H2,2-5H3. The highest BCUT2D eigenvalue weighted by molar-refractivity contribution is 5.89. The minimum Gasteiger partial charge on any atom is -0.461 e. The Balaban J connectivity index is 2.76. The summed E-state index contributed by atoms with van der Waals surface area (Å²) in [4.78, 5) is 24.6. The number of carbonyl (C=O) groups is 1. The van der Waals surface area contributed by atoms with Gasteiger partial charge in [-0.2, -0.15) is 9.78 Å². The molecular formula is C18H18N2O3. The molecule has 2 aromatic rings. The van der Waals surface area contributed by atoms with Gasteiger partial charge >= 0.3 is 5.97 Å². The number of esters is 1. The minimum atomic E-state index is -0.598. The van der Waals surface area contributed by atoms with Gasteiger partial charge in [-0.3, -0.25) is 4.79 Å². The molecular weight excluding hydrogens is 292 g/mol. The van der Waals surface area contributed by atoms with Crippen molar-refractivity contribution in [3.8, 4) is 18.0 Å². The molecule has 23 heavy (non-hydrogen) atoms. The zero-order chi connectivity index (χ0) is 17.1. The van der Waals surface area contributed by atoms with Crippen LogP contribution >= 0.6 is 0 Å². The Labute approximate surface area is 134 Å². The quantitative estimate of drug-likeness (QED) is 0.645. The fourth-order valence-electron chi connectivity index (χ4n) is 2.20. The Kier molecular flexibility index (Phi) is 4.65. The maximum atomic E-state index is 12.6. The lowest BCUT2D eigenvalue weighted by Crippen LogP contribution is -2.28. The predicted octanol–water partition coefficient (Wildman–Crippen LogP) is 2.32. The summed E-state index contributed by atoms with van der Waals surface area (Å²) in [6.07, 6.45) is 5.45. The topological polar surface area (TPSA) is 61.2 Å². The summed E-state index contributed by atoms with van der Waals surface area (Å²) in [7, 11) is 0. The van der Waals surface area contributed by atoms with Gasteiger partial charge in [-0.1, -0.05) is 12.0 Å². The van der Waals surface area contributed by atoms with Gasteiger partial charge in [0.1, 0.15) is 0 Å². The van der Waals surface area contributed by atoms with E-state index in [1.165, 1.54) is 0 Å². The van der Waals surface area contributed by atoms with Crippen molar-refractivity contribution in [2.45, 2.75) is 27.7 Å². The molecule has 0 saturated carbocycles. The highest BCUT2D eigenvalue weighted by Gasteiger charge is 2.20. The lowest BCUT2D eigenvalue weighted by atomic mass is 10.1. The number of hydrogen-bond acceptors (Lipinski definition) is 4. The Bertz CT molecular complexity index is 873. The van der Waals surface area contributed by atoms with Crippen LogP contribution in [0.3, 0.4) is 0 Å². The lowest BCUT2D eigenvalue weighted by molar-refractivity contribution is 0.0516. The summed E-state index contributed by atoms with van der Waals surface area (Å²) in [6.45, 7) is 7.43. The van der Waals surface area contributed by atoms with Crippen molar-refractivity contribution >= 4 is 5.97 Å². The molecule has 0 aliphatic carbocycles. The van der Waals surface area contributed by atoms with Crippen LogP contribution in [0.2, 0.25) is 0 Å². The monoisotopic (exact) mass is 310 g/mol. The van der Waals surface area contributed by atoms with Crippen molar-refractivity contribution < 1.29 is 9.53 Å². The van der Waals surface area contributed by atoms with E-state index in [-0.39, 0.29) is 17.9 Å². The van der Waals surface area contributed by atoms with Gasteiger partial charge in [0.05, 0.1) is 17.9 Å². The highest BCUT2D eigenvalue weighted by atomic mass is 16.5. The number of hydrogen-bond donors (Lipinski definition) is 0. The first-order valence-corrected chi connectivity index (χ1v) is 7.26.